The number of fused-ring (bicyclic) bond motifs is 3. The third-order valence-electron chi connectivity index (χ3n) is 2.90. The molecular weight excluding hydrogens is 306 g/mol. The molecule has 0 aliphatic heterocycles. The van der Waals surface area contributed by atoms with Crippen molar-refractivity contribution >= 4 is 54.1 Å². The van der Waals surface area contributed by atoms with Crippen LogP contribution in [0.3, 0.4) is 0 Å². The van der Waals surface area contributed by atoms with E-state index in [0.717, 1.165) is 20.4 Å². The van der Waals surface area contributed by atoms with E-state index in [0.29, 0.717) is 10.7 Å². The molecule has 0 unspecified atom stereocenters. The maximum Gasteiger partial charge on any atom is 0.260 e. The molecule has 0 atom stereocenters. The standard InChI is InChI=1S/C13H7N5OS2/c19-12(7-3-14-5-15-4-7)18-13-17-9-2-1-8-10(11(9)21-13)20-6-16-8/h1-6H,(H,17,18,19). The number of hydrogen-bond donors (Lipinski definition) is 1. The summed E-state index contributed by atoms with van der Waals surface area (Å²) >= 11 is 3.01. The van der Waals surface area contributed by atoms with Gasteiger partial charge in [0.15, 0.2) is 5.13 Å². The van der Waals surface area contributed by atoms with Gasteiger partial charge in [-0.05, 0) is 12.1 Å². The molecule has 0 saturated heterocycles. The van der Waals surface area contributed by atoms with E-state index >= 15 is 0 Å². The number of thiazole rings is 2. The van der Waals surface area contributed by atoms with E-state index in [4.69, 9.17) is 0 Å². The number of carbonyl (C=O) groups excluding carboxylic acids is 1. The van der Waals surface area contributed by atoms with E-state index in [1.807, 2.05) is 17.6 Å². The van der Waals surface area contributed by atoms with Crippen molar-refractivity contribution in [3.63, 3.8) is 0 Å². The highest BCUT2D eigenvalue weighted by atomic mass is 32.1. The molecule has 3 aromatic heterocycles. The minimum Gasteiger partial charge on any atom is -0.298 e. The molecule has 0 aliphatic rings. The number of hydrogen-bond acceptors (Lipinski definition) is 7. The normalized spacial score (nSPS) is 11.0. The van der Waals surface area contributed by atoms with Crippen LogP contribution >= 0.6 is 22.7 Å². The molecule has 102 valence electrons. The van der Waals surface area contributed by atoms with Crippen LogP contribution in [-0.2, 0) is 0 Å². The first-order valence-electron chi connectivity index (χ1n) is 6.00. The summed E-state index contributed by atoms with van der Waals surface area (Å²) in [7, 11) is 0. The predicted octanol–water partition coefficient (Wildman–Crippen LogP) is 2.95. The zero-order valence-electron chi connectivity index (χ0n) is 10.5. The van der Waals surface area contributed by atoms with Crippen molar-refractivity contribution in [1.29, 1.82) is 0 Å². The molecule has 1 N–H and O–H groups in total. The summed E-state index contributed by atoms with van der Waals surface area (Å²) in [5, 5.41) is 3.33. The molecule has 1 aromatic carbocycles. The summed E-state index contributed by atoms with van der Waals surface area (Å²) in [6.45, 7) is 0. The van der Waals surface area contributed by atoms with E-state index in [1.165, 1.54) is 30.1 Å². The summed E-state index contributed by atoms with van der Waals surface area (Å²) in [5.41, 5.74) is 4.02. The number of aromatic nitrogens is 4. The van der Waals surface area contributed by atoms with Crippen LogP contribution in [-0.4, -0.2) is 25.8 Å². The van der Waals surface area contributed by atoms with Gasteiger partial charge in [0, 0.05) is 12.4 Å². The van der Waals surface area contributed by atoms with Crippen molar-refractivity contribution < 1.29 is 4.79 Å². The lowest BCUT2D eigenvalue weighted by atomic mass is 10.3. The lowest BCUT2D eigenvalue weighted by molar-refractivity contribution is 0.102. The van der Waals surface area contributed by atoms with Crippen molar-refractivity contribution in [1.82, 2.24) is 19.9 Å². The Morgan fingerprint density at radius 1 is 1.10 bits per heavy atom. The first kappa shape index (κ1) is 12.3. The lowest BCUT2D eigenvalue weighted by Gasteiger charge is -1.99. The van der Waals surface area contributed by atoms with Gasteiger partial charge in [-0.25, -0.2) is 19.9 Å². The number of anilines is 1. The third kappa shape index (κ3) is 2.14. The Morgan fingerprint density at radius 3 is 2.76 bits per heavy atom. The molecule has 0 fully saturated rings. The molecule has 1 amide bonds. The highest BCUT2D eigenvalue weighted by Crippen LogP contribution is 2.34. The van der Waals surface area contributed by atoms with Gasteiger partial charge in [-0.2, -0.15) is 0 Å². The monoisotopic (exact) mass is 313 g/mol. The number of carbonyl (C=O) groups is 1. The minimum atomic E-state index is -0.268. The van der Waals surface area contributed by atoms with Crippen LogP contribution < -0.4 is 5.32 Å². The maximum atomic E-state index is 12.1. The van der Waals surface area contributed by atoms with Gasteiger partial charge in [0.2, 0.25) is 0 Å². The van der Waals surface area contributed by atoms with Gasteiger partial charge in [-0.3, -0.25) is 10.1 Å². The van der Waals surface area contributed by atoms with Gasteiger partial charge < -0.3 is 0 Å². The molecule has 0 aliphatic carbocycles. The van der Waals surface area contributed by atoms with Crippen LogP contribution in [0.1, 0.15) is 10.4 Å². The fourth-order valence-electron chi connectivity index (χ4n) is 1.95. The fourth-order valence-corrected chi connectivity index (χ4v) is 3.84. The Bertz CT molecular complexity index is 947. The van der Waals surface area contributed by atoms with Gasteiger partial charge in [-0.1, -0.05) is 11.3 Å². The summed E-state index contributed by atoms with van der Waals surface area (Å²) in [5.74, 6) is -0.268. The van der Waals surface area contributed by atoms with Crippen molar-refractivity contribution in [2.75, 3.05) is 5.32 Å². The second kappa shape index (κ2) is 4.83. The zero-order chi connectivity index (χ0) is 14.2. The molecule has 4 aromatic rings. The summed E-state index contributed by atoms with van der Waals surface area (Å²) in [6, 6.07) is 3.85. The molecule has 0 saturated carbocycles. The Balaban J connectivity index is 1.72. The number of benzene rings is 1. The van der Waals surface area contributed by atoms with Gasteiger partial charge in [-0.15, -0.1) is 11.3 Å². The lowest BCUT2D eigenvalue weighted by Crippen LogP contribution is -2.12. The SMILES string of the molecule is O=C(Nc1nc2ccc3ncsc3c2s1)c1cncnc1. The minimum absolute atomic E-state index is 0.268. The maximum absolute atomic E-state index is 12.1. The van der Waals surface area contributed by atoms with Crippen molar-refractivity contribution in [2.24, 2.45) is 0 Å². The fraction of sp³-hybridized carbons (Fsp3) is 0. The van der Waals surface area contributed by atoms with Crippen LogP contribution in [0, 0.1) is 0 Å². The number of nitrogens with one attached hydrogen (secondary N) is 1. The average Bonchev–Trinajstić information content (AvgIpc) is 3.12. The van der Waals surface area contributed by atoms with Crippen molar-refractivity contribution in [2.45, 2.75) is 0 Å². The van der Waals surface area contributed by atoms with Crippen LogP contribution in [0.25, 0.3) is 20.4 Å². The van der Waals surface area contributed by atoms with Gasteiger partial charge >= 0.3 is 0 Å². The van der Waals surface area contributed by atoms with E-state index in [-0.39, 0.29) is 5.91 Å². The highest BCUT2D eigenvalue weighted by Gasteiger charge is 2.12. The number of nitrogens with zero attached hydrogens (tertiary/aromatic N) is 4. The second-order valence-electron chi connectivity index (χ2n) is 4.21. The first-order valence-corrected chi connectivity index (χ1v) is 7.70. The molecule has 0 bridgehead atoms. The van der Waals surface area contributed by atoms with Crippen LogP contribution in [0.4, 0.5) is 5.13 Å². The first-order chi connectivity index (χ1) is 10.3. The van der Waals surface area contributed by atoms with Crippen LogP contribution in [0.2, 0.25) is 0 Å². The molecule has 6 nitrogen and oxygen atoms in total. The molecule has 8 heteroatoms. The predicted molar refractivity (Wildman–Crippen MR) is 82.8 cm³/mol. The molecular formula is C13H7N5OS2. The largest absolute Gasteiger partial charge is 0.298 e. The Labute approximate surface area is 126 Å². The molecule has 0 spiro atoms. The van der Waals surface area contributed by atoms with E-state index < -0.39 is 0 Å². The summed E-state index contributed by atoms with van der Waals surface area (Å²) in [6.07, 6.45) is 4.32. The Hall–Kier alpha value is -2.45. The third-order valence-corrected chi connectivity index (χ3v) is 4.89. The van der Waals surface area contributed by atoms with Crippen LogP contribution in [0.5, 0.6) is 0 Å². The molecule has 0 radical (unpaired) electrons. The second-order valence-corrected chi connectivity index (χ2v) is 6.07. The Morgan fingerprint density at radius 2 is 1.90 bits per heavy atom. The zero-order valence-corrected chi connectivity index (χ0v) is 12.1. The molecule has 4 rings (SSSR count). The highest BCUT2D eigenvalue weighted by molar-refractivity contribution is 7.28. The van der Waals surface area contributed by atoms with E-state index in [9.17, 15) is 4.79 Å². The molecule has 21 heavy (non-hydrogen) atoms. The van der Waals surface area contributed by atoms with Crippen LogP contribution in [0.15, 0.2) is 36.4 Å². The van der Waals surface area contributed by atoms with Gasteiger partial charge in [0.25, 0.3) is 5.91 Å². The van der Waals surface area contributed by atoms with Crippen molar-refractivity contribution in [3.8, 4) is 0 Å². The quantitative estimate of drug-likeness (QED) is 0.615. The Kier molecular flexibility index (Phi) is 2.83. The van der Waals surface area contributed by atoms with Gasteiger partial charge in [0.1, 0.15) is 6.33 Å². The van der Waals surface area contributed by atoms with E-state index in [1.54, 1.807) is 11.3 Å². The number of rotatable bonds is 2. The topological polar surface area (TPSA) is 80.7 Å². The molecule has 3 heterocycles. The van der Waals surface area contributed by atoms with Gasteiger partial charge in [0.05, 0.1) is 31.5 Å². The summed E-state index contributed by atoms with van der Waals surface area (Å²) in [4.78, 5) is 28.4. The van der Waals surface area contributed by atoms with E-state index in [2.05, 4.69) is 25.3 Å². The smallest absolute Gasteiger partial charge is 0.260 e. The van der Waals surface area contributed by atoms with Crippen molar-refractivity contribution in [3.05, 3.63) is 41.9 Å². The number of amides is 1. The summed E-state index contributed by atoms with van der Waals surface area (Å²) < 4.78 is 2.13. The average molecular weight is 313 g/mol.